The van der Waals surface area contributed by atoms with Crippen LogP contribution in [-0.4, -0.2) is 47.8 Å². The third-order valence-corrected chi connectivity index (χ3v) is 3.19. The summed E-state index contributed by atoms with van der Waals surface area (Å²) in [5.74, 6) is 0.360. The topological polar surface area (TPSA) is 49.8 Å². The molecule has 0 amide bonds. The molecule has 0 atom stereocenters. The molecule has 0 aliphatic carbocycles. The van der Waals surface area contributed by atoms with Crippen molar-refractivity contribution < 1.29 is 14.6 Å². The highest BCUT2D eigenvalue weighted by atomic mass is 16.5. The molecule has 17 heavy (non-hydrogen) atoms. The van der Waals surface area contributed by atoms with Crippen molar-refractivity contribution in [2.75, 3.05) is 26.2 Å². The molecule has 1 saturated heterocycles. The molecule has 1 aliphatic heterocycles. The molecular weight excluding hydrogens is 218 g/mol. The van der Waals surface area contributed by atoms with E-state index >= 15 is 0 Å². The molecule has 0 spiro atoms. The highest BCUT2D eigenvalue weighted by Crippen LogP contribution is 2.26. The summed E-state index contributed by atoms with van der Waals surface area (Å²) in [6, 6.07) is 0. The van der Waals surface area contributed by atoms with Gasteiger partial charge in [0.1, 0.15) is 0 Å². The lowest BCUT2D eigenvalue weighted by Gasteiger charge is -2.38. The molecule has 0 aromatic heterocycles. The first-order valence-corrected chi connectivity index (χ1v) is 6.55. The van der Waals surface area contributed by atoms with Crippen LogP contribution in [0.1, 0.15) is 40.0 Å². The number of hydrogen-bond acceptors (Lipinski definition) is 4. The molecular formula is C13H25NO3. The van der Waals surface area contributed by atoms with Crippen LogP contribution in [0.3, 0.4) is 0 Å². The predicted octanol–water partition coefficient (Wildman–Crippen LogP) is 1.42. The number of hydrogen-bond donors (Lipinski definition) is 1. The summed E-state index contributed by atoms with van der Waals surface area (Å²) in [7, 11) is 0. The van der Waals surface area contributed by atoms with E-state index < -0.39 is 5.60 Å². The van der Waals surface area contributed by atoms with Gasteiger partial charge in [0.05, 0.1) is 18.6 Å². The third kappa shape index (κ3) is 5.04. The standard InChI is InChI=1S/C13H25NO3/c1-4-17-12(15)9-13(16)5-7-14(8-6-13)10-11(2)3/h11,16H,4-10H2,1-3H3. The summed E-state index contributed by atoms with van der Waals surface area (Å²) < 4.78 is 4.89. The summed E-state index contributed by atoms with van der Waals surface area (Å²) in [6.07, 6.45) is 1.47. The molecule has 0 bridgehead atoms. The van der Waals surface area contributed by atoms with Gasteiger partial charge in [-0.1, -0.05) is 13.8 Å². The fraction of sp³-hybridized carbons (Fsp3) is 0.923. The highest BCUT2D eigenvalue weighted by molar-refractivity contribution is 5.70. The quantitative estimate of drug-likeness (QED) is 0.742. The summed E-state index contributed by atoms with van der Waals surface area (Å²) in [5, 5.41) is 10.3. The average molecular weight is 243 g/mol. The summed E-state index contributed by atoms with van der Waals surface area (Å²) >= 11 is 0. The van der Waals surface area contributed by atoms with Crippen molar-refractivity contribution in [2.45, 2.75) is 45.6 Å². The van der Waals surface area contributed by atoms with E-state index in [1.807, 2.05) is 0 Å². The number of likely N-dealkylation sites (tertiary alicyclic amines) is 1. The second-order valence-electron chi connectivity index (χ2n) is 5.40. The van der Waals surface area contributed by atoms with Crippen molar-refractivity contribution in [1.82, 2.24) is 4.90 Å². The maximum Gasteiger partial charge on any atom is 0.308 e. The van der Waals surface area contributed by atoms with E-state index in [1.54, 1.807) is 6.92 Å². The first-order chi connectivity index (χ1) is 7.95. The second kappa shape index (κ2) is 6.36. The lowest BCUT2D eigenvalue weighted by Crippen LogP contribution is -2.46. The smallest absolute Gasteiger partial charge is 0.308 e. The normalized spacial score (nSPS) is 20.5. The van der Waals surface area contributed by atoms with Gasteiger partial charge < -0.3 is 14.7 Å². The van der Waals surface area contributed by atoms with Crippen LogP contribution in [-0.2, 0) is 9.53 Å². The number of ether oxygens (including phenoxy) is 1. The van der Waals surface area contributed by atoms with Gasteiger partial charge in [-0.05, 0) is 25.7 Å². The number of piperidine rings is 1. The van der Waals surface area contributed by atoms with Crippen molar-refractivity contribution in [1.29, 1.82) is 0 Å². The largest absolute Gasteiger partial charge is 0.466 e. The number of rotatable bonds is 5. The molecule has 1 aliphatic rings. The van der Waals surface area contributed by atoms with Gasteiger partial charge >= 0.3 is 5.97 Å². The SMILES string of the molecule is CCOC(=O)CC1(O)CCN(CC(C)C)CC1. The molecule has 0 unspecified atom stereocenters. The van der Waals surface area contributed by atoms with E-state index in [1.165, 1.54) is 0 Å². The van der Waals surface area contributed by atoms with Crippen molar-refractivity contribution in [3.05, 3.63) is 0 Å². The molecule has 1 N–H and O–H groups in total. The number of aliphatic hydroxyl groups is 1. The van der Waals surface area contributed by atoms with E-state index in [4.69, 9.17) is 4.74 Å². The Balaban J connectivity index is 2.35. The van der Waals surface area contributed by atoms with Crippen LogP contribution in [0.2, 0.25) is 0 Å². The van der Waals surface area contributed by atoms with E-state index in [9.17, 15) is 9.90 Å². The van der Waals surface area contributed by atoms with E-state index in [0.29, 0.717) is 25.4 Å². The monoisotopic (exact) mass is 243 g/mol. The minimum atomic E-state index is -0.847. The van der Waals surface area contributed by atoms with E-state index in [0.717, 1.165) is 19.6 Å². The Bertz CT molecular complexity index is 245. The van der Waals surface area contributed by atoms with Crippen LogP contribution < -0.4 is 0 Å². The molecule has 4 nitrogen and oxygen atoms in total. The van der Waals surface area contributed by atoms with Gasteiger partial charge in [0.2, 0.25) is 0 Å². The van der Waals surface area contributed by atoms with Gasteiger partial charge in [-0.2, -0.15) is 0 Å². The number of carbonyl (C=O) groups is 1. The summed E-state index contributed by atoms with van der Waals surface area (Å²) in [6.45, 7) is 9.36. The molecule has 0 aromatic rings. The minimum absolute atomic E-state index is 0.135. The fourth-order valence-electron chi connectivity index (χ4n) is 2.33. The van der Waals surface area contributed by atoms with Gasteiger partial charge in [0.25, 0.3) is 0 Å². The number of nitrogens with zero attached hydrogens (tertiary/aromatic N) is 1. The van der Waals surface area contributed by atoms with Gasteiger partial charge in [0.15, 0.2) is 0 Å². The molecule has 100 valence electrons. The molecule has 1 fully saturated rings. The molecule has 1 heterocycles. The van der Waals surface area contributed by atoms with Crippen LogP contribution in [0.15, 0.2) is 0 Å². The average Bonchev–Trinajstić information content (AvgIpc) is 2.21. The molecule has 0 aromatic carbocycles. The summed E-state index contributed by atoms with van der Waals surface area (Å²) in [4.78, 5) is 13.7. The predicted molar refractivity (Wildman–Crippen MR) is 66.7 cm³/mol. The van der Waals surface area contributed by atoms with Crippen molar-refractivity contribution in [3.8, 4) is 0 Å². The van der Waals surface area contributed by atoms with Crippen LogP contribution in [0, 0.1) is 5.92 Å². The van der Waals surface area contributed by atoms with E-state index in [2.05, 4.69) is 18.7 Å². The first kappa shape index (κ1) is 14.5. The third-order valence-electron chi connectivity index (χ3n) is 3.19. The Labute approximate surface area is 104 Å². The Morgan fingerprint density at radius 3 is 2.47 bits per heavy atom. The Morgan fingerprint density at radius 2 is 2.00 bits per heavy atom. The zero-order valence-electron chi connectivity index (χ0n) is 11.2. The molecule has 4 heteroatoms. The fourth-order valence-corrected chi connectivity index (χ4v) is 2.33. The van der Waals surface area contributed by atoms with E-state index in [-0.39, 0.29) is 12.4 Å². The summed E-state index contributed by atoms with van der Waals surface area (Å²) in [5.41, 5.74) is -0.847. The van der Waals surface area contributed by atoms with Crippen LogP contribution in [0.5, 0.6) is 0 Å². The number of esters is 1. The lowest BCUT2D eigenvalue weighted by atomic mass is 9.88. The minimum Gasteiger partial charge on any atom is -0.466 e. The maximum atomic E-state index is 11.4. The number of carbonyl (C=O) groups excluding carboxylic acids is 1. The first-order valence-electron chi connectivity index (χ1n) is 6.55. The van der Waals surface area contributed by atoms with Crippen LogP contribution >= 0.6 is 0 Å². The van der Waals surface area contributed by atoms with Crippen molar-refractivity contribution in [3.63, 3.8) is 0 Å². The Hall–Kier alpha value is -0.610. The zero-order valence-corrected chi connectivity index (χ0v) is 11.2. The maximum absolute atomic E-state index is 11.4. The van der Waals surface area contributed by atoms with Gasteiger partial charge in [-0.15, -0.1) is 0 Å². The molecule has 1 rings (SSSR count). The second-order valence-corrected chi connectivity index (χ2v) is 5.40. The van der Waals surface area contributed by atoms with Crippen molar-refractivity contribution in [2.24, 2.45) is 5.92 Å². The molecule has 0 saturated carbocycles. The Kier molecular flexibility index (Phi) is 5.40. The van der Waals surface area contributed by atoms with Crippen LogP contribution in [0.25, 0.3) is 0 Å². The molecule has 0 radical (unpaired) electrons. The van der Waals surface area contributed by atoms with Gasteiger partial charge in [-0.25, -0.2) is 0 Å². The highest BCUT2D eigenvalue weighted by Gasteiger charge is 2.34. The van der Waals surface area contributed by atoms with Crippen LogP contribution in [0.4, 0.5) is 0 Å². The lowest BCUT2D eigenvalue weighted by molar-refractivity contribution is -0.150. The van der Waals surface area contributed by atoms with Crippen molar-refractivity contribution >= 4 is 5.97 Å². The van der Waals surface area contributed by atoms with Gasteiger partial charge in [-0.3, -0.25) is 4.79 Å². The Morgan fingerprint density at radius 1 is 1.41 bits per heavy atom. The zero-order chi connectivity index (χ0) is 12.9. The van der Waals surface area contributed by atoms with Gasteiger partial charge in [0, 0.05) is 19.6 Å².